The topological polar surface area (TPSA) is 48.0 Å². The predicted molar refractivity (Wildman–Crippen MR) is 72.6 cm³/mol. The minimum atomic E-state index is -0.399. The number of nitrogens with zero attached hydrogens (tertiary/aromatic N) is 1. The van der Waals surface area contributed by atoms with Crippen LogP contribution in [0.3, 0.4) is 0 Å². The van der Waals surface area contributed by atoms with Crippen molar-refractivity contribution in [1.82, 2.24) is 4.90 Å². The molecule has 1 aromatic carbocycles. The summed E-state index contributed by atoms with van der Waals surface area (Å²) in [7, 11) is 5.34. The molecule has 0 radical (unpaired) electrons. The summed E-state index contributed by atoms with van der Waals surface area (Å²) < 4.78 is 15.6. The van der Waals surface area contributed by atoms with Gasteiger partial charge < -0.3 is 19.1 Å². The first-order valence-corrected chi connectivity index (χ1v) is 6.17. The molecule has 0 bridgehead atoms. The Bertz CT molecular complexity index is 393. The normalized spacial score (nSPS) is 10.5. The fraction of sp³-hybridized carbons (Fsp3) is 0.500. The molecule has 0 heterocycles. The second-order valence-electron chi connectivity index (χ2n) is 4.25. The van der Waals surface area contributed by atoms with E-state index in [1.807, 2.05) is 25.1 Å². The quantitative estimate of drug-likeness (QED) is 0.527. The van der Waals surface area contributed by atoms with Crippen LogP contribution >= 0.6 is 0 Å². The van der Waals surface area contributed by atoms with Gasteiger partial charge in [0.1, 0.15) is 17.9 Å². The standard InChI is InChI=1S/C14H21NO4/c1-15(2)8-9-18-10-11-19-13-7-5-4-6-12(13)14(16)17-3/h4-7H,8-11H2,1-3H3. The van der Waals surface area contributed by atoms with Crippen molar-refractivity contribution in [3.05, 3.63) is 29.8 Å². The van der Waals surface area contributed by atoms with E-state index in [1.165, 1.54) is 7.11 Å². The maximum absolute atomic E-state index is 11.5. The van der Waals surface area contributed by atoms with E-state index in [-0.39, 0.29) is 0 Å². The molecule has 0 N–H and O–H groups in total. The zero-order chi connectivity index (χ0) is 14.1. The van der Waals surface area contributed by atoms with Crippen molar-refractivity contribution in [2.24, 2.45) is 0 Å². The number of carbonyl (C=O) groups is 1. The summed E-state index contributed by atoms with van der Waals surface area (Å²) in [6.45, 7) is 2.43. The molecule has 1 rings (SSSR count). The van der Waals surface area contributed by atoms with Crippen LogP contribution in [-0.2, 0) is 9.47 Å². The van der Waals surface area contributed by atoms with Gasteiger partial charge in [0.15, 0.2) is 0 Å². The summed E-state index contributed by atoms with van der Waals surface area (Å²) in [6.07, 6.45) is 0. The van der Waals surface area contributed by atoms with Crippen molar-refractivity contribution in [2.75, 3.05) is 47.6 Å². The van der Waals surface area contributed by atoms with E-state index in [2.05, 4.69) is 0 Å². The van der Waals surface area contributed by atoms with Gasteiger partial charge in [-0.15, -0.1) is 0 Å². The molecule has 0 saturated heterocycles. The zero-order valence-corrected chi connectivity index (χ0v) is 11.7. The molecule has 0 aliphatic carbocycles. The average Bonchev–Trinajstić information content (AvgIpc) is 2.42. The third-order valence-corrected chi connectivity index (χ3v) is 2.46. The Balaban J connectivity index is 2.35. The molecule has 5 nitrogen and oxygen atoms in total. The number of esters is 1. The van der Waals surface area contributed by atoms with Gasteiger partial charge in [0.2, 0.25) is 0 Å². The van der Waals surface area contributed by atoms with Crippen molar-refractivity contribution in [2.45, 2.75) is 0 Å². The van der Waals surface area contributed by atoms with E-state index in [1.54, 1.807) is 18.2 Å². The second-order valence-corrected chi connectivity index (χ2v) is 4.25. The number of hydrogen-bond acceptors (Lipinski definition) is 5. The molecule has 1 aromatic rings. The summed E-state index contributed by atoms with van der Waals surface area (Å²) in [5.74, 6) is 0.120. The molecule has 106 valence electrons. The minimum Gasteiger partial charge on any atom is -0.490 e. The Morgan fingerprint density at radius 3 is 2.58 bits per heavy atom. The summed E-state index contributed by atoms with van der Waals surface area (Å²) in [5.41, 5.74) is 0.429. The van der Waals surface area contributed by atoms with Crippen molar-refractivity contribution >= 4 is 5.97 Å². The lowest BCUT2D eigenvalue weighted by atomic mass is 10.2. The molecule has 0 amide bonds. The highest BCUT2D eigenvalue weighted by Gasteiger charge is 2.11. The van der Waals surface area contributed by atoms with Gasteiger partial charge in [0.05, 0.1) is 20.3 Å². The molecule has 0 aliphatic rings. The van der Waals surface area contributed by atoms with E-state index in [0.29, 0.717) is 31.1 Å². The summed E-state index contributed by atoms with van der Waals surface area (Å²) in [6, 6.07) is 7.00. The molecular weight excluding hydrogens is 246 g/mol. The third-order valence-electron chi connectivity index (χ3n) is 2.46. The van der Waals surface area contributed by atoms with Crippen LogP contribution in [-0.4, -0.2) is 58.4 Å². The Kier molecular flexibility index (Phi) is 6.92. The highest BCUT2D eigenvalue weighted by molar-refractivity contribution is 5.92. The van der Waals surface area contributed by atoms with Crippen LogP contribution in [0.4, 0.5) is 0 Å². The van der Waals surface area contributed by atoms with Crippen molar-refractivity contribution in [3.8, 4) is 5.75 Å². The van der Waals surface area contributed by atoms with Gasteiger partial charge in [-0.1, -0.05) is 12.1 Å². The Hall–Kier alpha value is -1.59. The summed E-state index contributed by atoms with van der Waals surface area (Å²) >= 11 is 0. The molecule has 0 aliphatic heterocycles. The summed E-state index contributed by atoms with van der Waals surface area (Å²) in [4.78, 5) is 13.6. The molecule has 0 atom stereocenters. The van der Waals surface area contributed by atoms with Gasteiger partial charge in [-0.3, -0.25) is 0 Å². The zero-order valence-electron chi connectivity index (χ0n) is 11.7. The second kappa shape index (κ2) is 8.50. The van der Waals surface area contributed by atoms with Crippen molar-refractivity contribution in [3.63, 3.8) is 0 Å². The highest BCUT2D eigenvalue weighted by Crippen LogP contribution is 2.18. The number of likely N-dealkylation sites (N-methyl/N-ethyl adjacent to an activating group) is 1. The molecule has 19 heavy (non-hydrogen) atoms. The molecule has 0 aromatic heterocycles. The van der Waals surface area contributed by atoms with Gasteiger partial charge in [0.25, 0.3) is 0 Å². The van der Waals surface area contributed by atoms with Crippen LogP contribution in [0.25, 0.3) is 0 Å². The molecular formula is C14H21NO4. The van der Waals surface area contributed by atoms with Crippen LogP contribution in [0.1, 0.15) is 10.4 Å². The van der Waals surface area contributed by atoms with Gasteiger partial charge in [-0.25, -0.2) is 4.79 Å². The number of rotatable bonds is 8. The van der Waals surface area contributed by atoms with E-state index in [4.69, 9.17) is 14.2 Å². The lowest BCUT2D eigenvalue weighted by molar-refractivity contribution is 0.0589. The lowest BCUT2D eigenvalue weighted by Crippen LogP contribution is -2.19. The van der Waals surface area contributed by atoms with Crippen LogP contribution in [0, 0.1) is 0 Å². The lowest BCUT2D eigenvalue weighted by Gasteiger charge is -2.12. The maximum Gasteiger partial charge on any atom is 0.341 e. The predicted octanol–water partition coefficient (Wildman–Crippen LogP) is 1.43. The van der Waals surface area contributed by atoms with Crippen molar-refractivity contribution < 1.29 is 19.0 Å². The number of benzene rings is 1. The van der Waals surface area contributed by atoms with Crippen LogP contribution in [0.2, 0.25) is 0 Å². The Labute approximate surface area is 114 Å². The van der Waals surface area contributed by atoms with Crippen molar-refractivity contribution in [1.29, 1.82) is 0 Å². The molecule has 0 spiro atoms. The molecule has 0 fully saturated rings. The Morgan fingerprint density at radius 1 is 1.16 bits per heavy atom. The maximum atomic E-state index is 11.5. The van der Waals surface area contributed by atoms with Gasteiger partial charge >= 0.3 is 5.97 Å². The third kappa shape index (κ3) is 5.72. The highest BCUT2D eigenvalue weighted by atomic mass is 16.5. The minimum absolute atomic E-state index is 0.399. The average molecular weight is 267 g/mol. The van der Waals surface area contributed by atoms with Gasteiger partial charge in [-0.05, 0) is 26.2 Å². The molecule has 0 saturated carbocycles. The smallest absolute Gasteiger partial charge is 0.341 e. The summed E-state index contributed by atoms with van der Waals surface area (Å²) in [5, 5.41) is 0. The first-order valence-electron chi connectivity index (χ1n) is 6.17. The number of para-hydroxylation sites is 1. The monoisotopic (exact) mass is 267 g/mol. The fourth-order valence-electron chi connectivity index (χ4n) is 1.43. The van der Waals surface area contributed by atoms with E-state index in [0.717, 1.165) is 6.54 Å². The molecule has 5 heteroatoms. The SMILES string of the molecule is COC(=O)c1ccccc1OCCOCCN(C)C. The number of carbonyl (C=O) groups excluding carboxylic acids is 1. The Morgan fingerprint density at radius 2 is 1.89 bits per heavy atom. The van der Waals surface area contributed by atoms with E-state index < -0.39 is 5.97 Å². The van der Waals surface area contributed by atoms with Crippen LogP contribution in [0.5, 0.6) is 5.75 Å². The van der Waals surface area contributed by atoms with Gasteiger partial charge in [0, 0.05) is 6.54 Å². The van der Waals surface area contributed by atoms with Gasteiger partial charge in [-0.2, -0.15) is 0 Å². The van der Waals surface area contributed by atoms with E-state index >= 15 is 0 Å². The number of hydrogen-bond donors (Lipinski definition) is 0. The molecule has 0 unspecified atom stereocenters. The fourth-order valence-corrected chi connectivity index (χ4v) is 1.43. The van der Waals surface area contributed by atoms with Crippen LogP contribution in [0.15, 0.2) is 24.3 Å². The van der Waals surface area contributed by atoms with E-state index in [9.17, 15) is 4.79 Å². The first kappa shape index (κ1) is 15.5. The first-order chi connectivity index (χ1) is 9.15. The largest absolute Gasteiger partial charge is 0.490 e. The number of ether oxygens (including phenoxy) is 3. The van der Waals surface area contributed by atoms with Crippen LogP contribution < -0.4 is 4.74 Å². The number of methoxy groups -OCH3 is 1.